The van der Waals surface area contributed by atoms with Crippen molar-refractivity contribution in [3.05, 3.63) is 11.7 Å². The zero-order valence-electron chi connectivity index (χ0n) is 11.5. The molecule has 2 fully saturated rings. The average Bonchev–Trinajstić information content (AvgIpc) is 3.07. The predicted molar refractivity (Wildman–Crippen MR) is 74.5 cm³/mol. The second kappa shape index (κ2) is 6.85. The highest BCUT2D eigenvalue weighted by Gasteiger charge is 2.36. The van der Waals surface area contributed by atoms with Gasteiger partial charge in [0.15, 0.2) is 5.82 Å². The van der Waals surface area contributed by atoms with E-state index in [9.17, 15) is 0 Å². The topological polar surface area (TPSA) is 83.4 Å². The van der Waals surface area contributed by atoms with E-state index in [0.29, 0.717) is 18.3 Å². The van der Waals surface area contributed by atoms with E-state index in [1.165, 1.54) is 0 Å². The smallest absolute Gasteiger partial charge is 0.252 e. The Balaban J connectivity index is 0.00000147. The monoisotopic (exact) mass is 303 g/mol. The van der Waals surface area contributed by atoms with E-state index >= 15 is 0 Å². The summed E-state index contributed by atoms with van der Waals surface area (Å²) in [6.45, 7) is 1.91. The Morgan fingerprint density at radius 3 is 2.65 bits per heavy atom. The van der Waals surface area contributed by atoms with Crippen LogP contribution in [0.25, 0.3) is 0 Å². The molecular formula is C13H22ClN3O3. The summed E-state index contributed by atoms with van der Waals surface area (Å²) in [5.74, 6) is 1.16. The fourth-order valence-corrected chi connectivity index (χ4v) is 2.78. The van der Waals surface area contributed by atoms with Gasteiger partial charge in [-0.2, -0.15) is 4.98 Å². The third-order valence-corrected chi connectivity index (χ3v) is 4.02. The van der Waals surface area contributed by atoms with E-state index in [4.69, 9.17) is 19.7 Å². The second-order valence-electron chi connectivity index (χ2n) is 5.50. The first-order valence-electron chi connectivity index (χ1n) is 7.08. The molecule has 1 aliphatic carbocycles. The van der Waals surface area contributed by atoms with Crippen LogP contribution < -0.4 is 5.73 Å². The Morgan fingerprint density at radius 2 is 1.95 bits per heavy atom. The van der Waals surface area contributed by atoms with E-state index in [1.807, 2.05) is 0 Å². The van der Waals surface area contributed by atoms with Crippen LogP contribution in [0.15, 0.2) is 4.52 Å². The maximum atomic E-state index is 6.29. The lowest BCUT2D eigenvalue weighted by Crippen LogP contribution is -2.34. The molecule has 0 unspecified atom stereocenters. The molecule has 7 heteroatoms. The molecule has 2 N–H and O–H groups in total. The Morgan fingerprint density at radius 1 is 1.25 bits per heavy atom. The molecule has 6 nitrogen and oxygen atoms in total. The minimum absolute atomic E-state index is 0. The number of hydrogen-bond donors (Lipinski definition) is 1. The number of nitrogens with zero attached hydrogens (tertiary/aromatic N) is 2. The standard InChI is InChI=1S/C13H21N3O3.ClH/c14-13(5-1-2-6-13)12-15-11(19-16-12)9-18-10-3-7-17-8-4-10;/h10H,1-9,14H2;1H. The van der Waals surface area contributed by atoms with Crippen molar-refractivity contribution in [1.82, 2.24) is 10.1 Å². The van der Waals surface area contributed by atoms with Crippen molar-refractivity contribution in [2.24, 2.45) is 5.73 Å². The summed E-state index contributed by atoms with van der Waals surface area (Å²) in [4.78, 5) is 4.39. The fourth-order valence-electron chi connectivity index (χ4n) is 2.78. The zero-order chi connectivity index (χ0) is 13.1. The third-order valence-electron chi connectivity index (χ3n) is 4.02. The Bertz CT molecular complexity index is 415. The van der Waals surface area contributed by atoms with Crippen molar-refractivity contribution in [2.45, 2.75) is 56.8 Å². The largest absolute Gasteiger partial charge is 0.381 e. The number of rotatable bonds is 4. The molecule has 0 aromatic carbocycles. The van der Waals surface area contributed by atoms with Crippen LogP contribution >= 0.6 is 12.4 Å². The summed E-state index contributed by atoms with van der Waals surface area (Å²) >= 11 is 0. The van der Waals surface area contributed by atoms with Gasteiger partial charge in [0.25, 0.3) is 5.89 Å². The Kier molecular flexibility index (Phi) is 5.37. The number of nitrogens with two attached hydrogens (primary N) is 1. The number of ether oxygens (including phenoxy) is 2. The summed E-state index contributed by atoms with van der Waals surface area (Å²) in [5, 5.41) is 4.02. The highest BCUT2D eigenvalue weighted by molar-refractivity contribution is 5.85. The van der Waals surface area contributed by atoms with Gasteiger partial charge in [-0.3, -0.25) is 0 Å². The quantitative estimate of drug-likeness (QED) is 0.915. The Hall–Kier alpha value is -0.690. The van der Waals surface area contributed by atoms with Gasteiger partial charge in [-0.25, -0.2) is 0 Å². The highest BCUT2D eigenvalue weighted by atomic mass is 35.5. The van der Waals surface area contributed by atoms with Crippen LogP contribution in [-0.4, -0.2) is 29.5 Å². The molecule has 20 heavy (non-hydrogen) atoms. The summed E-state index contributed by atoms with van der Waals surface area (Å²) < 4.78 is 16.3. The van der Waals surface area contributed by atoms with Gasteiger partial charge in [0, 0.05) is 13.2 Å². The number of halogens is 1. The fraction of sp³-hybridized carbons (Fsp3) is 0.846. The minimum Gasteiger partial charge on any atom is -0.381 e. The minimum atomic E-state index is -0.388. The summed E-state index contributed by atoms with van der Waals surface area (Å²) in [5.41, 5.74) is 5.90. The summed E-state index contributed by atoms with van der Waals surface area (Å²) in [6.07, 6.45) is 6.25. The van der Waals surface area contributed by atoms with Crippen molar-refractivity contribution in [3.63, 3.8) is 0 Å². The summed E-state index contributed by atoms with van der Waals surface area (Å²) in [6, 6.07) is 0. The maximum Gasteiger partial charge on any atom is 0.252 e. The molecule has 0 spiro atoms. The van der Waals surface area contributed by atoms with Crippen molar-refractivity contribution in [1.29, 1.82) is 0 Å². The van der Waals surface area contributed by atoms with E-state index in [2.05, 4.69) is 10.1 Å². The van der Waals surface area contributed by atoms with Gasteiger partial charge in [-0.1, -0.05) is 18.0 Å². The summed E-state index contributed by atoms with van der Waals surface area (Å²) in [7, 11) is 0. The molecule has 1 saturated carbocycles. The van der Waals surface area contributed by atoms with E-state index < -0.39 is 0 Å². The molecule has 0 atom stereocenters. The second-order valence-corrected chi connectivity index (χ2v) is 5.50. The maximum absolute atomic E-state index is 6.29. The molecule has 0 radical (unpaired) electrons. The lowest BCUT2D eigenvalue weighted by atomic mass is 9.99. The first-order valence-corrected chi connectivity index (χ1v) is 7.08. The van der Waals surface area contributed by atoms with Gasteiger partial charge in [-0.05, 0) is 25.7 Å². The first kappa shape index (κ1) is 15.7. The van der Waals surface area contributed by atoms with Gasteiger partial charge in [0.1, 0.15) is 6.61 Å². The predicted octanol–water partition coefficient (Wildman–Crippen LogP) is 1.91. The van der Waals surface area contributed by atoms with Gasteiger partial charge >= 0.3 is 0 Å². The molecule has 3 rings (SSSR count). The van der Waals surface area contributed by atoms with Gasteiger partial charge in [0.2, 0.25) is 0 Å². The Labute approximate surface area is 124 Å². The van der Waals surface area contributed by atoms with Crippen LogP contribution in [-0.2, 0) is 21.6 Å². The molecule has 114 valence electrons. The van der Waals surface area contributed by atoms with E-state index in [0.717, 1.165) is 51.7 Å². The zero-order valence-corrected chi connectivity index (χ0v) is 12.4. The molecule has 2 aliphatic rings. The molecule has 1 aromatic rings. The third kappa shape index (κ3) is 3.49. The van der Waals surface area contributed by atoms with Gasteiger partial charge in [-0.15, -0.1) is 12.4 Å². The van der Waals surface area contributed by atoms with E-state index in [1.54, 1.807) is 0 Å². The normalized spacial score (nSPS) is 22.6. The van der Waals surface area contributed by atoms with Crippen LogP contribution in [0.5, 0.6) is 0 Å². The SMILES string of the molecule is Cl.NC1(c2noc(COC3CCOCC3)n2)CCCC1. The van der Waals surface area contributed by atoms with Gasteiger partial charge in [0.05, 0.1) is 11.6 Å². The van der Waals surface area contributed by atoms with Crippen LogP contribution in [0.1, 0.15) is 50.2 Å². The molecule has 1 aromatic heterocycles. The number of aromatic nitrogens is 2. The van der Waals surface area contributed by atoms with Crippen molar-refractivity contribution < 1.29 is 14.0 Å². The van der Waals surface area contributed by atoms with Crippen molar-refractivity contribution in [2.75, 3.05) is 13.2 Å². The van der Waals surface area contributed by atoms with Crippen molar-refractivity contribution in [3.8, 4) is 0 Å². The molecule has 0 amide bonds. The van der Waals surface area contributed by atoms with Crippen LogP contribution in [0.3, 0.4) is 0 Å². The molecule has 1 aliphatic heterocycles. The van der Waals surface area contributed by atoms with Crippen LogP contribution in [0.4, 0.5) is 0 Å². The molecular weight excluding hydrogens is 282 g/mol. The molecule has 0 bridgehead atoms. The average molecular weight is 304 g/mol. The highest BCUT2D eigenvalue weighted by Crippen LogP contribution is 2.34. The number of hydrogen-bond acceptors (Lipinski definition) is 6. The molecule has 2 heterocycles. The van der Waals surface area contributed by atoms with E-state index in [-0.39, 0.29) is 24.0 Å². The molecule has 1 saturated heterocycles. The first-order chi connectivity index (χ1) is 9.26. The lowest BCUT2D eigenvalue weighted by molar-refractivity contribution is -0.0455. The van der Waals surface area contributed by atoms with Crippen LogP contribution in [0.2, 0.25) is 0 Å². The van der Waals surface area contributed by atoms with Gasteiger partial charge < -0.3 is 19.7 Å². The van der Waals surface area contributed by atoms with Crippen molar-refractivity contribution >= 4 is 12.4 Å². The lowest BCUT2D eigenvalue weighted by Gasteiger charge is -2.21. The van der Waals surface area contributed by atoms with Crippen LogP contribution in [0, 0.1) is 0 Å².